The lowest BCUT2D eigenvalue weighted by atomic mass is 10.1. The van der Waals surface area contributed by atoms with Crippen molar-refractivity contribution in [3.63, 3.8) is 0 Å². The van der Waals surface area contributed by atoms with Crippen molar-refractivity contribution < 1.29 is 16.8 Å². The van der Waals surface area contributed by atoms with Gasteiger partial charge in [0.1, 0.15) is 0 Å². The molecule has 0 aromatic heterocycles. The highest BCUT2D eigenvalue weighted by Crippen LogP contribution is 2.28. The van der Waals surface area contributed by atoms with Crippen LogP contribution in [-0.4, -0.2) is 29.1 Å². The lowest BCUT2D eigenvalue weighted by Crippen LogP contribution is -2.25. The van der Waals surface area contributed by atoms with E-state index >= 15 is 0 Å². The van der Waals surface area contributed by atoms with Gasteiger partial charge in [-0.25, -0.2) is 16.8 Å². The zero-order valence-electron chi connectivity index (χ0n) is 14.1. The lowest BCUT2D eigenvalue weighted by Gasteiger charge is -2.18. The first-order valence-corrected chi connectivity index (χ1v) is 11.0. The Morgan fingerprint density at radius 3 is 2.48 bits per heavy atom. The van der Waals surface area contributed by atoms with Crippen LogP contribution < -0.4 is 9.03 Å². The molecule has 2 aromatic carbocycles. The van der Waals surface area contributed by atoms with Gasteiger partial charge < -0.3 is 0 Å². The van der Waals surface area contributed by atoms with Gasteiger partial charge in [0.25, 0.3) is 10.0 Å². The van der Waals surface area contributed by atoms with E-state index in [1.54, 1.807) is 43.3 Å². The van der Waals surface area contributed by atoms with Crippen molar-refractivity contribution in [2.24, 2.45) is 0 Å². The number of hydrogen-bond acceptors (Lipinski definition) is 4. The Hall–Kier alpha value is -2.06. The van der Waals surface area contributed by atoms with E-state index in [1.165, 1.54) is 4.31 Å². The van der Waals surface area contributed by atoms with Gasteiger partial charge >= 0.3 is 0 Å². The van der Waals surface area contributed by atoms with Crippen LogP contribution in [0.3, 0.4) is 0 Å². The van der Waals surface area contributed by atoms with Crippen molar-refractivity contribution in [3.8, 4) is 0 Å². The molecule has 25 heavy (non-hydrogen) atoms. The molecule has 0 bridgehead atoms. The first-order valence-electron chi connectivity index (χ1n) is 7.90. The summed E-state index contributed by atoms with van der Waals surface area (Å²) in [5.74, 6) is 0.117. The van der Waals surface area contributed by atoms with Gasteiger partial charge in [-0.2, -0.15) is 0 Å². The molecule has 1 saturated heterocycles. The molecule has 1 N–H and O–H groups in total. The fourth-order valence-corrected chi connectivity index (χ4v) is 5.80. The van der Waals surface area contributed by atoms with E-state index in [9.17, 15) is 16.8 Å². The molecule has 0 amide bonds. The van der Waals surface area contributed by atoms with Gasteiger partial charge in [0, 0.05) is 6.54 Å². The second-order valence-electron chi connectivity index (χ2n) is 6.10. The van der Waals surface area contributed by atoms with Crippen LogP contribution in [0.1, 0.15) is 17.5 Å². The minimum atomic E-state index is -3.75. The molecule has 6 nitrogen and oxygen atoms in total. The number of benzene rings is 2. The second-order valence-corrected chi connectivity index (χ2v) is 9.76. The maximum absolute atomic E-state index is 12.7. The number of rotatable bonds is 4. The third kappa shape index (κ3) is 3.50. The maximum atomic E-state index is 12.7. The van der Waals surface area contributed by atoms with Gasteiger partial charge in [-0.05, 0) is 55.7 Å². The summed E-state index contributed by atoms with van der Waals surface area (Å²) in [6, 6.07) is 11.6. The number of nitrogens with zero attached hydrogens (tertiary/aromatic N) is 1. The number of nitrogens with one attached hydrogen (secondary N) is 1. The summed E-state index contributed by atoms with van der Waals surface area (Å²) in [6.45, 7) is 4.03. The van der Waals surface area contributed by atoms with Crippen LogP contribution in [0.5, 0.6) is 0 Å². The van der Waals surface area contributed by atoms with Crippen LogP contribution in [0.15, 0.2) is 47.4 Å². The van der Waals surface area contributed by atoms with E-state index < -0.39 is 20.0 Å². The molecular weight excluding hydrogens is 360 g/mol. The monoisotopic (exact) mass is 380 g/mol. The summed E-state index contributed by atoms with van der Waals surface area (Å²) in [6.07, 6.45) is 0.570. The van der Waals surface area contributed by atoms with E-state index in [0.717, 1.165) is 5.56 Å². The highest BCUT2D eigenvalue weighted by molar-refractivity contribution is 7.93. The van der Waals surface area contributed by atoms with E-state index in [-0.39, 0.29) is 10.6 Å². The van der Waals surface area contributed by atoms with E-state index in [2.05, 4.69) is 4.72 Å². The van der Waals surface area contributed by atoms with Gasteiger partial charge in [-0.1, -0.05) is 18.2 Å². The average molecular weight is 380 g/mol. The van der Waals surface area contributed by atoms with Crippen molar-refractivity contribution in [1.29, 1.82) is 0 Å². The quantitative estimate of drug-likeness (QED) is 0.884. The molecule has 0 radical (unpaired) electrons. The zero-order chi connectivity index (χ0) is 18.2. The van der Waals surface area contributed by atoms with Crippen LogP contribution in [0.25, 0.3) is 0 Å². The first kappa shape index (κ1) is 17.8. The molecule has 3 rings (SSSR count). The number of hydrogen-bond donors (Lipinski definition) is 1. The molecule has 1 aliphatic heterocycles. The van der Waals surface area contributed by atoms with Crippen LogP contribution in [0, 0.1) is 13.8 Å². The SMILES string of the molecule is Cc1cccc(S(=O)(=O)Nc2cccc(N3CCCS3(=O)=O)c2)c1C. The first-order chi connectivity index (χ1) is 11.7. The zero-order valence-corrected chi connectivity index (χ0v) is 15.7. The topological polar surface area (TPSA) is 83.6 Å². The molecule has 0 spiro atoms. The molecule has 0 unspecified atom stereocenters. The summed E-state index contributed by atoms with van der Waals surface area (Å²) in [5, 5.41) is 0. The third-order valence-corrected chi connectivity index (χ3v) is 7.73. The Morgan fingerprint density at radius 1 is 1.08 bits per heavy atom. The van der Waals surface area contributed by atoms with E-state index in [1.807, 2.05) is 13.0 Å². The minimum Gasteiger partial charge on any atom is -0.280 e. The van der Waals surface area contributed by atoms with Crippen molar-refractivity contribution in [3.05, 3.63) is 53.6 Å². The molecule has 0 atom stereocenters. The minimum absolute atomic E-state index is 0.117. The summed E-state index contributed by atoms with van der Waals surface area (Å²) in [4.78, 5) is 0.215. The van der Waals surface area contributed by atoms with Crippen molar-refractivity contribution in [2.45, 2.75) is 25.2 Å². The Balaban J connectivity index is 1.93. The predicted octanol–water partition coefficient (Wildman–Crippen LogP) is 2.64. The predicted molar refractivity (Wildman–Crippen MR) is 98.9 cm³/mol. The van der Waals surface area contributed by atoms with Gasteiger partial charge in [-0.3, -0.25) is 9.03 Å². The summed E-state index contributed by atoms with van der Waals surface area (Å²) >= 11 is 0. The van der Waals surface area contributed by atoms with Crippen molar-refractivity contribution in [1.82, 2.24) is 0 Å². The fourth-order valence-electron chi connectivity index (χ4n) is 2.88. The Bertz CT molecular complexity index is 1010. The van der Waals surface area contributed by atoms with Crippen molar-refractivity contribution >= 4 is 31.4 Å². The summed E-state index contributed by atoms with van der Waals surface area (Å²) < 4.78 is 53.3. The molecular formula is C17H20N2O4S2. The lowest BCUT2D eigenvalue weighted by molar-refractivity contribution is 0.598. The van der Waals surface area contributed by atoms with Crippen LogP contribution >= 0.6 is 0 Å². The summed E-state index contributed by atoms with van der Waals surface area (Å²) in [5.41, 5.74) is 2.38. The van der Waals surface area contributed by atoms with Gasteiger partial charge in [-0.15, -0.1) is 0 Å². The Kier molecular flexibility index (Phi) is 4.51. The third-order valence-electron chi connectivity index (χ3n) is 4.33. The number of anilines is 2. The van der Waals surface area contributed by atoms with Crippen molar-refractivity contribution in [2.75, 3.05) is 21.3 Å². The Morgan fingerprint density at radius 2 is 1.80 bits per heavy atom. The molecule has 1 fully saturated rings. The fraction of sp³-hybridized carbons (Fsp3) is 0.294. The molecule has 1 aliphatic rings. The van der Waals surface area contributed by atoms with Crippen LogP contribution in [0.4, 0.5) is 11.4 Å². The molecule has 8 heteroatoms. The van der Waals surface area contributed by atoms with E-state index in [4.69, 9.17) is 0 Å². The highest BCUT2D eigenvalue weighted by Gasteiger charge is 2.28. The van der Waals surface area contributed by atoms with Gasteiger partial charge in [0.2, 0.25) is 10.0 Å². The normalized spacial score (nSPS) is 16.8. The number of sulfonamides is 2. The average Bonchev–Trinajstić information content (AvgIpc) is 2.89. The summed E-state index contributed by atoms with van der Waals surface area (Å²) in [7, 11) is -7.06. The smallest absolute Gasteiger partial charge is 0.262 e. The largest absolute Gasteiger partial charge is 0.280 e. The standard InChI is InChI=1S/C17H20N2O4S2/c1-13-6-3-9-17(14(13)2)25(22,23)18-15-7-4-8-16(12-15)19-10-5-11-24(19,20)21/h3-4,6-9,12,18H,5,10-11H2,1-2H3. The molecule has 2 aromatic rings. The molecule has 134 valence electrons. The highest BCUT2D eigenvalue weighted by atomic mass is 32.2. The second kappa shape index (κ2) is 6.34. The molecule has 0 saturated carbocycles. The van der Waals surface area contributed by atoms with Gasteiger partial charge in [0.05, 0.1) is 22.0 Å². The molecule has 0 aliphatic carbocycles. The van der Waals surface area contributed by atoms with Gasteiger partial charge in [0.15, 0.2) is 0 Å². The number of aryl methyl sites for hydroxylation is 1. The van der Waals surface area contributed by atoms with Crippen LogP contribution in [-0.2, 0) is 20.0 Å². The maximum Gasteiger partial charge on any atom is 0.262 e. The van der Waals surface area contributed by atoms with E-state index in [0.29, 0.717) is 29.9 Å². The van der Waals surface area contributed by atoms with Crippen LogP contribution in [0.2, 0.25) is 0 Å². The Labute approximate surface area is 148 Å². The molecule has 1 heterocycles.